The highest BCUT2D eigenvalue weighted by Gasteiger charge is 2.46. The van der Waals surface area contributed by atoms with Crippen LogP contribution in [0.1, 0.15) is 25.5 Å². The minimum Gasteiger partial charge on any atom is -0.467 e. The van der Waals surface area contributed by atoms with Gasteiger partial charge in [0.15, 0.2) is 11.9 Å². The van der Waals surface area contributed by atoms with Gasteiger partial charge in [-0.25, -0.2) is 4.79 Å². The molecule has 1 fully saturated rings. The van der Waals surface area contributed by atoms with E-state index in [1.54, 1.807) is 26.0 Å². The van der Waals surface area contributed by atoms with Crippen LogP contribution >= 0.6 is 11.6 Å². The molecule has 0 spiro atoms. The van der Waals surface area contributed by atoms with Crippen LogP contribution in [0.4, 0.5) is 0 Å². The quantitative estimate of drug-likeness (QED) is 0.775. The second-order valence-corrected chi connectivity index (χ2v) is 4.99. The minimum atomic E-state index is -0.816. The molecule has 1 aliphatic rings. The van der Waals surface area contributed by atoms with Crippen molar-refractivity contribution in [2.24, 2.45) is 0 Å². The normalized spacial score (nSPS) is 26.0. The molecule has 5 heteroatoms. The Balaban J connectivity index is 2.29. The summed E-state index contributed by atoms with van der Waals surface area (Å²) in [7, 11) is 1.33. The predicted molar refractivity (Wildman–Crippen MR) is 66.2 cm³/mol. The first-order valence-corrected chi connectivity index (χ1v) is 6.00. The lowest BCUT2D eigenvalue weighted by Crippen LogP contribution is -2.28. The molecule has 1 aliphatic heterocycles. The van der Waals surface area contributed by atoms with E-state index in [2.05, 4.69) is 0 Å². The van der Waals surface area contributed by atoms with Gasteiger partial charge in [0.1, 0.15) is 6.10 Å². The number of ether oxygens (including phenoxy) is 3. The molecular formula is C13H15ClO4. The lowest BCUT2D eigenvalue weighted by Gasteiger charge is -2.16. The van der Waals surface area contributed by atoms with Crippen LogP contribution in [-0.4, -0.2) is 25.0 Å². The summed E-state index contributed by atoms with van der Waals surface area (Å²) in [5, 5.41) is 0.631. The number of carbonyl (C=O) groups is 1. The van der Waals surface area contributed by atoms with Crippen LogP contribution in [0.5, 0.6) is 0 Å². The Labute approximate surface area is 111 Å². The lowest BCUT2D eigenvalue weighted by molar-refractivity contribution is -0.168. The average Bonchev–Trinajstić information content (AvgIpc) is 2.65. The van der Waals surface area contributed by atoms with Crippen molar-refractivity contribution < 1.29 is 19.0 Å². The molecule has 2 atom stereocenters. The summed E-state index contributed by atoms with van der Waals surface area (Å²) in [5.74, 6) is -1.26. The van der Waals surface area contributed by atoms with Gasteiger partial charge in [-0.1, -0.05) is 23.7 Å². The first kappa shape index (κ1) is 13.3. The molecule has 1 aromatic carbocycles. The molecule has 2 rings (SSSR count). The molecule has 4 nitrogen and oxygen atoms in total. The smallest absolute Gasteiger partial charge is 0.338 e. The molecule has 0 bridgehead atoms. The summed E-state index contributed by atoms with van der Waals surface area (Å²) >= 11 is 5.84. The molecule has 0 aromatic heterocycles. The molecule has 1 saturated heterocycles. The molecule has 0 radical (unpaired) electrons. The van der Waals surface area contributed by atoms with Crippen molar-refractivity contribution in [3.05, 3.63) is 34.9 Å². The Morgan fingerprint density at radius 3 is 2.44 bits per heavy atom. The fourth-order valence-corrected chi connectivity index (χ4v) is 2.07. The summed E-state index contributed by atoms with van der Waals surface area (Å²) in [6.45, 7) is 3.53. The van der Waals surface area contributed by atoms with Gasteiger partial charge in [0.25, 0.3) is 0 Å². The Morgan fingerprint density at radius 1 is 1.28 bits per heavy atom. The van der Waals surface area contributed by atoms with E-state index in [0.29, 0.717) is 5.02 Å². The summed E-state index contributed by atoms with van der Waals surface area (Å²) in [5.41, 5.74) is 0.834. The molecule has 98 valence electrons. The van der Waals surface area contributed by atoms with Gasteiger partial charge in [-0.15, -0.1) is 0 Å². The molecule has 0 saturated carbocycles. The number of rotatable bonds is 2. The van der Waals surface area contributed by atoms with E-state index in [0.717, 1.165) is 5.56 Å². The molecule has 0 amide bonds. The maximum atomic E-state index is 11.7. The zero-order chi connectivity index (χ0) is 13.3. The number of esters is 1. The van der Waals surface area contributed by atoms with Gasteiger partial charge in [-0.05, 0) is 31.5 Å². The zero-order valence-corrected chi connectivity index (χ0v) is 11.2. The number of benzene rings is 1. The maximum absolute atomic E-state index is 11.7. The van der Waals surface area contributed by atoms with Crippen molar-refractivity contribution in [3.63, 3.8) is 0 Å². The van der Waals surface area contributed by atoms with Crippen molar-refractivity contribution in [3.8, 4) is 0 Å². The van der Waals surface area contributed by atoms with E-state index < -0.39 is 24.0 Å². The fourth-order valence-electron chi connectivity index (χ4n) is 1.95. The van der Waals surface area contributed by atoms with Gasteiger partial charge >= 0.3 is 5.97 Å². The summed E-state index contributed by atoms with van der Waals surface area (Å²) in [4.78, 5) is 11.7. The van der Waals surface area contributed by atoms with Crippen LogP contribution in [0.25, 0.3) is 0 Å². The SMILES string of the molecule is COC(=O)[C@H]1OC(C)(C)O[C@@H]1c1ccc(Cl)cc1. The third-order valence-electron chi connectivity index (χ3n) is 2.73. The third-order valence-corrected chi connectivity index (χ3v) is 2.98. The summed E-state index contributed by atoms with van der Waals surface area (Å²) < 4.78 is 16.0. The number of halogens is 1. The Bertz CT molecular complexity index is 441. The Kier molecular flexibility index (Phi) is 3.61. The largest absolute Gasteiger partial charge is 0.467 e. The second kappa shape index (κ2) is 4.88. The lowest BCUT2D eigenvalue weighted by atomic mass is 10.0. The van der Waals surface area contributed by atoms with E-state index in [-0.39, 0.29) is 0 Å². The first-order valence-electron chi connectivity index (χ1n) is 5.62. The summed E-state index contributed by atoms with van der Waals surface area (Å²) in [6, 6.07) is 7.13. The van der Waals surface area contributed by atoms with Crippen molar-refractivity contribution >= 4 is 17.6 Å². The molecular weight excluding hydrogens is 256 g/mol. The van der Waals surface area contributed by atoms with Crippen LogP contribution in [0.3, 0.4) is 0 Å². The Hall–Kier alpha value is -1.10. The van der Waals surface area contributed by atoms with E-state index in [1.807, 2.05) is 12.1 Å². The van der Waals surface area contributed by atoms with Gasteiger partial charge in [0, 0.05) is 5.02 Å². The monoisotopic (exact) mass is 270 g/mol. The first-order chi connectivity index (χ1) is 8.43. The number of carbonyl (C=O) groups excluding carboxylic acids is 1. The van der Waals surface area contributed by atoms with Crippen LogP contribution in [0, 0.1) is 0 Å². The zero-order valence-electron chi connectivity index (χ0n) is 10.5. The van der Waals surface area contributed by atoms with E-state index in [9.17, 15) is 4.79 Å². The van der Waals surface area contributed by atoms with E-state index >= 15 is 0 Å². The predicted octanol–water partition coefficient (Wildman–Crippen LogP) is 2.71. The van der Waals surface area contributed by atoms with Crippen LogP contribution < -0.4 is 0 Å². The fraction of sp³-hybridized carbons (Fsp3) is 0.462. The highest BCUT2D eigenvalue weighted by molar-refractivity contribution is 6.30. The Morgan fingerprint density at radius 2 is 1.89 bits per heavy atom. The van der Waals surface area contributed by atoms with E-state index in [4.69, 9.17) is 25.8 Å². The number of hydrogen-bond donors (Lipinski definition) is 0. The highest BCUT2D eigenvalue weighted by Crippen LogP contribution is 2.38. The van der Waals surface area contributed by atoms with Gasteiger partial charge in [0.05, 0.1) is 7.11 Å². The average molecular weight is 271 g/mol. The molecule has 1 aromatic rings. The van der Waals surface area contributed by atoms with Gasteiger partial charge in [-0.3, -0.25) is 0 Å². The molecule has 1 heterocycles. The van der Waals surface area contributed by atoms with Crippen LogP contribution in [-0.2, 0) is 19.0 Å². The molecule has 0 unspecified atom stereocenters. The van der Waals surface area contributed by atoms with Gasteiger partial charge < -0.3 is 14.2 Å². The summed E-state index contributed by atoms with van der Waals surface area (Å²) in [6.07, 6.45) is -1.24. The van der Waals surface area contributed by atoms with Gasteiger partial charge in [0.2, 0.25) is 0 Å². The van der Waals surface area contributed by atoms with Crippen molar-refractivity contribution in [1.82, 2.24) is 0 Å². The topological polar surface area (TPSA) is 44.8 Å². The highest BCUT2D eigenvalue weighted by atomic mass is 35.5. The van der Waals surface area contributed by atoms with Crippen molar-refractivity contribution in [2.75, 3.05) is 7.11 Å². The van der Waals surface area contributed by atoms with Crippen molar-refractivity contribution in [1.29, 1.82) is 0 Å². The second-order valence-electron chi connectivity index (χ2n) is 4.55. The third kappa shape index (κ3) is 2.66. The molecule has 0 aliphatic carbocycles. The minimum absolute atomic E-state index is 0.444. The van der Waals surface area contributed by atoms with E-state index in [1.165, 1.54) is 7.11 Å². The molecule has 0 N–H and O–H groups in total. The molecule has 18 heavy (non-hydrogen) atoms. The van der Waals surface area contributed by atoms with Crippen LogP contribution in [0.15, 0.2) is 24.3 Å². The number of hydrogen-bond acceptors (Lipinski definition) is 4. The number of methoxy groups -OCH3 is 1. The maximum Gasteiger partial charge on any atom is 0.338 e. The van der Waals surface area contributed by atoms with Crippen molar-refractivity contribution in [2.45, 2.75) is 31.8 Å². The van der Waals surface area contributed by atoms with Crippen LogP contribution in [0.2, 0.25) is 5.02 Å². The van der Waals surface area contributed by atoms with Gasteiger partial charge in [-0.2, -0.15) is 0 Å². The standard InChI is InChI=1S/C13H15ClO4/c1-13(2)17-10(11(18-13)12(15)16-3)8-4-6-9(14)7-5-8/h4-7,10-11H,1-3H3/t10-,11+/m1/s1.